The molecule has 2 heterocycles. The molecule has 14 nitrogen and oxygen atoms in total. The van der Waals surface area contributed by atoms with Crippen molar-refractivity contribution in [2.24, 2.45) is 0 Å². The zero-order chi connectivity index (χ0) is 31.8. The molecule has 0 saturated carbocycles. The number of likely N-dealkylation sites (N-methyl/N-ethyl adjacent to an activating group) is 2. The van der Waals surface area contributed by atoms with Gasteiger partial charge < -0.3 is 44.5 Å². The second-order valence-corrected chi connectivity index (χ2v) is 12.1. The van der Waals surface area contributed by atoms with Crippen LogP contribution in [0.5, 0.6) is 17.2 Å². The van der Waals surface area contributed by atoms with E-state index in [0.717, 1.165) is 12.2 Å². The summed E-state index contributed by atoms with van der Waals surface area (Å²) < 4.78 is 33.0. The van der Waals surface area contributed by atoms with Gasteiger partial charge >= 0.3 is 0 Å². The van der Waals surface area contributed by atoms with Crippen molar-refractivity contribution in [1.29, 1.82) is 0 Å². The Morgan fingerprint density at radius 1 is 1.09 bits per heavy atom. The number of rotatable bonds is 14. The summed E-state index contributed by atoms with van der Waals surface area (Å²) in [7, 11) is 7.50. The van der Waals surface area contributed by atoms with E-state index in [1.165, 1.54) is 12.4 Å². The van der Waals surface area contributed by atoms with Crippen LogP contribution in [0.4, 0.5) is 40.3 Å². The first-order valence-electron chi connectivity index (χ1n) is 13.9. The van der Waals surface area contributed by atoms with Gasteiger partial charge in [-0.05, 0) is 52.2 Å². The molecule has 1 amide bonds. The van der Waals surface area contributed by atoms with Crippen LogP contribution in [-0.4, -0.2) is 90.1 Å². The zero-order valence-corrected chi connectivity index (χ0v) is 26.6. The fourth-order valence-electron chi connectivity index (χ4n) is 4.10. The number of nitrogens with one attached hydrogen (secondary N) is 4. The quantitative estimate of drug-likeness (QED) is 0.152. The molecule has 15 heteroatoms. The summed E-state index contributed by atoms with van der Waals surface area (Å²) in [6, 6.07) is 7.12. The predicted octanol–water partition coefficient (Wildman–Crippen LogP) is 3.74. The van der Waals surface area contributed by atoms with E-state index in [0.29, 0.717) is 59.8 Å². The topological polar surface area (TPSA) is 161 Å². The van der Waals surface area contributed by atoms with E-state index in [4.69, 9.17) is 14.2 Å². The van der Waals surface area contributed by atoms with Crippen molar-refractivity contribution in [3.8, 4) is 17.2 Å². The number of amides is 1. The third-order valence-corrected chi connectivity index (χ3v) is 7.72. The van der Waals surface area contributed by atoms with Gasteiger partial charge in [-0.25, -0.2) is 14.7 Å². The predicted molar refractivity (Wildman–Crippen MR) is 174 cm³/mol. The van der Waals surface area contributed by atoms with E-state index in [1.54, 1.807) is 25.3 Å². The van der Waals surface area contributed by atoms with E-state index in [9.17, 15) is 9.35 Å². The van der Waals surface area contributed by atoms with Gasteiger partial charge in [0.05, 0.1) is 41.2 Å². The van der Waals surface area contributed by atoms with Gasteiger partial charge in [0.2, 0.25) is 17.8 Å². The highest BCUT2D eigenvalue weighted by atomic mass is 32.2. The number of ether oxygens (including phenoxy) is 3. The summed E-state index contributed by atoms with van der Waals surface area (Å²) >= 11 is -1.39. The number of hydrogen-bond donors (Lipinski definition) is 4. The van der Waals surface area contributed by atoms with Gasteiger partial charge in [-0.1, -0.05) is 6.58 Å². The molecule has 0 fully saturated rings. The number of carbonyl (C=O) groups excluding carboxylic acids is 1. The number of benzene rings is 2. The first-order valence-corrected chi connectivity index (χ1v) is 15.1. The van der Waals surface area contributed by atoms with Crippen LogP contribution in [0, 0.1) is 0 Å². The summed E-state index contributed by atoms with van der Waals surface area (Å²) in [5.41, 5.74) is 2.85. The first kappa shape index (κ1) is 32.4. The van der Waals surface area contributed by atoms with Gasteiger partial charge in [-0.3, -0.25) is 4.79 Å². The van der Waals surface area contributed by atoms with Crippen LogP contribution in [-0.2, 0) is 16.2 Å². The van der Waals surface area contributed by atoms with Crippen molar-refractivity contribution in [2.75, 3.05) is 80.1 Å². The molecule has 0 spiro atoms. The van der Waals surface area contributed by atoms with Crippen molar-refractivity contribution < 1.29 is 23.6 Å². The summed E-state index contributed by atoms with van der Waals surface area (Å²) in [6.45, 7) is 9.58. The van der Waals surface area contributed by atoms with Crippen molar-refractivity contribution in [3.63, 3.8) is 0 Å². The number of anilines is 7. The van der Waals surface area contributed by atoms with Crippen LogP contribution < -0.4 is 39.8 Å². The summed E-state index contributed by atoms with van der Waals surface area (Å²) in [6.07, 6.45) is 2.56. The number of carbonyl (C=O) groups is 1. The van der Waals surface area contributed by atoms with Crippen molar-refractivity contribution >= 4 is 57.6 Å². The maximum Gasteiger partial charge on any atom is 0.247 e. The Kier molecular flexibility index (Phi) is 10.9. The standard InChI is InChI=1S/C29H39N9O5S/c1-8-25(39)32-20-15-21(24(41-7)16-22(20)38(6)12-11-37(4)5)34-29-31-17-30-28(35-29)33-19-9-10-23-27(43-14-13-42-23)26(19)36-44(40)18(2)3/h8-10,15-18,36H,1,11-14H2,2-7H3,(H,32,39)(H2,30,31,33,34,35). The molecule has 0 aliphatic carbocycles. The van der Waals surface area contributed by atoms with Gasteiger partial charge in [0.25, 0.3) is 0 Å². The molecular formula is C29H39N9O5S. The molecule has 2 aromatic carbocycles. The van der Waals surface area contributed by atoms with Gasteiger partial charge in [-0.2, -0.15) is 4.98 Å². The highest BCUT2D eigenvalue weighted by molar-refractivity contribution is 7.93. The number of methoxy groups -OCH3 is 1. The molecule has 0 bridgehead atoms. The lowest BCUT2D eigenvalue weighted by atomic mass is 10.2. The number of fused-ring (bicyclic) bond motifs is 1. The van der Waals surface area contributed by atoms with E-state index < -0.39 is 11.4 Å². The van der Waals surface area contributed by atoms with Crippen molar-refractivity contribution in [1.82, 2.24) is 19.9 Å². The normalized spacial score (nSPS) is 12.8. The second-order valence-electron chi connectivity index (χ2n) is 10.3. The minimum Gasteiger partial charge on any atom is -0.593 e. The third kappa shape index (κ3) is 8.12. The lowest BCUT2D eigenvalue weighted by Gasteiger charge is -2.26. The van der Waals surface area contributed by atoms with Crippen LogP contribution in [0.25, 0.3) is 0 Å². The van der Waals surface area contributed by atoms with Gasteiger partial charge in [0.1, 0.15) is 30.5 Å². The Morgan fingerprint density at radius 2 is 1.80 bits per heavy atom. The first-order chi connectivity index (χ1) is 21.1. The van der Waals surface area contributed by atoms with E-state index in [-0.39, 0.29) is 23.1 Å². The van der Waals surface area contributed by atoms with Gasteiger partial charge in [-0.15, -0.1) is 0 Å². The fraction of sp³-hybridized carbons (Fsp3) is 0.379. The maximum absolute atomic E-state index is 12.7. The van der Waals surface area contributed by atoms with E-state index in [1.807, 2.05) is 46.0 Å². The average molecular weight is 626 g/mol. The fourth-order valence-corrected chi connectivity index (χ4v) is 4.74. The minimum atomic E-state index is -1.39. The highest BCUT2D eigenvalue weighted by Crippen LogP contribution is 2.44. The molecule has 3 aromatic rings. The molecule has 0 radical (unpaired) electrons. The summed E-state index contributed by atoms with van der Waals surface area (Å²) in [4.78, 5) is 29.5. The third-order valence-electron chi connectivity index (χ3n) is 6.46. The number of aromatic nitrogens is 3. The van der Waals surface area contributed by atoms with Crippen LogP contribution in [0.1, 0.15) is 13.8 Å². The Balaban J connectivity index is 1.64. The molecule has 236 valence electrons. The van der Waals surface area contributed by atoms with Crippen LogP contribution in [0.15, 0.2) is 43.2 Å². The Labute approximate surface area is 260 Å². The average Bonchev–Trinajstić information content (AvgIpc) is 3.01. The number of hydrogen-bond acceptors (Lipinski definition) is 13. The second kappa shape index (κ2) is 14.8. The smallest absolute Gasteiger partial charge is 0.247 e. The number of nitrogens with zero attached hydrogens (tertiary/aromatic N) is 5. The van der Waals surface area contributed by atoms with Gasteiger partial charge in [0.15, 0.2) is 17.2 Å². The lowest BCUT2D eigenvalue weighted by Crippen LogP contribution is -2.29. The van der Waals surface area contributed by atoms with E-state index >= 15 is 0 Å². The summed E-state index contributed by atoms with van der Waals surface area (Å²) in [5, 5.41) is 9.07. The molecule has 4 rings (SSSR count). The molecule has 1 unspecified atom stereocenters. The molecule has 0 saturated heterocycles. The Morgan fingerprint density at radius 3 is 2.45 bits per heavy atom. The van der Waals surface area contributed by atoms with Crippen LogP contribution >= 0.6 is 0 Å². The molecule has 44 heavy (non-hydrogen) atoms. The van der Waals surface area contributed by atoms with Crippen molar-refractivity contribution in [2.45, 2.75) is 19.1 Å². The minimum absolute atomic E-state index is 0.147. The molecule has 1 aromatic heterocycles. The Hall–Kier alpha value is -4.47. The molecular weight excluding hydrogens is 586 g/mol. The molecule has 1 atom stereocenters. The maximum atomic E-state index is 12.7. The molecule has 1 aliphatic rings. The molecule has 4 N–H and O–H groups in total. The Bertz CT molecular complexity index is 1470. The largest absolute Gasteiger partial charge is 0.593 e. The van der Waals surface area contributed by atoms with E-state index in [2.05, 4.69) is 47.1 Å². The monoisotopic (exact) mass is 625 g/mol. The highest BCUT2D eigenvalue weighted by Gasteiger charge is 2.25. The van der Waals surface area contributed by atoms with Crippen LogP contribution in [0.2, 0.25) is 0 Å². The lowest BCUT2D eigenvalue weighted by molar-refractivity contribution is -0.111. The van der Waals surface area contributed by atoms with Crippen LogP contribution in [0.3, 0.4) is 0 Å². The molecule has 1 aliphatic heterocycles. The van der Waals surface area contributed by atoms with Gasteiger partial charge in [0, 0.05) is 26.2 Å². The SMILES string of the molecule is C=CC(=O)Nc1cc(Nc2ncnc(Nc3ccc4c(c3N[S+]([O-])C(C)C)OCCO4)n2)c(OC)cc1N(C)CCN(C)C. The zero-order valence-electron chi connectivity index (χ0n) is 25.8. The van der Waals surface area contributed by atoms with Crippen molar-refractivity contribution in [3.05, 3.63) is 43.2 Å². The summed E-state index contributed by atoms with van der Waals surface area (Å²) in [5.74, 6) is 1.60.